The molecule has 0 radical (unpaired) electrons. The van der Waals surface area contributed by atoms with Gasteiger partial charge in [0.15, 0.2) is 0 Å². The maximum absolute atomic E-state index is 13.0. The van der Waals surface area contributed by atoms with Crippen molar-refractivity contribution in [2.75, 3.05) is 49.1 Å². The van der Waals surface area contributed by atoms with Crippen LogP contribution in [0.2, 0.25) is 5.02 Å². The molecule has 0 spiro atoms. The molecule has 2 aromatic rings. The third kappa shape index (κ3) is 3.49. The molecule has 0 unspecified atom stereocenters. The second-order valence-corrected chi connectivity index (χ2v) is 6.82. The largest absolute Gasteiger partial charge is 0.489 e. The molecule has 0 aliphatic carbocycles. The molecule has 2 amide bonds. The summed E-state index contributed by atoms with van der Waals surface area (Å²) >= 11 is 6.02. The first kappa shape index (κ1) is 17.4. The molecule has 1 aromatic carbocycles. The van der Waals surface area contributed by atoms with Crippen LogP contribution < -0.4 is 14.5 Å². The van der Waals surface area contributed by atoms with Gasteiger partial charge in [0.1, 0.15) is 18.2 Å². The van der Waals surface area contributed by atoms with Gasteiger partial charge in [0.2, 0.25) is 0 Å². The van der Waals surface area contributed by atoms with Gasteiger partial charge in [-0.3, -0.25) is 4.90 Å². The van der Waals surface area contributed by atoms with Gasteiger partial charge in [-0.25, -0.2) is 9.78 Å². The Morgan fingerprint density at radius 3 is 2.74 bits per heavy atom. The predicted molar refractivity (Wildman–Crippen MR) is 102 cm³/mol. The summed E-state index contributed by atoms with van der Waals surface area (Å²) in [5.41, 5.74) is 1.34. The number of fused-ring (bicyclic) bond motifs is 1. The van der Waals surface area contributed by atoms with E-state index in [1.54, 1.807) is 35.4 Å². The highest BCUT2D eigenvalue weighted by molar-refractivity contribution is 6.30. The molecule has 3 heterocycles. The number of carbonyl (C=O) groups excluding carboxylic acids is 1. The summed E-state index contributed by atoms with van der Waals surface area (Å²) in [7, 11) is 0. The minimum Gasteiger partial charge on any atom is -0.489 e. The average Bonchev–Trinajstić information content (AvgIpc) is 2.72. The zero-order chi connectivity index (χ0) is 18.8. The topological polar surface area (TPSA) is 72.7 Å². The van der Waals surface area contributed by atoms with Crippen LogP contribution in [0.15, 0.2) is 36.5 Å². The van der Waals surface area contributed by atoms with Gasteiger partial charge in [0.25, 0.3) is 0 Å². The lowest BCUT2D eigenvalue weighted by Crippen LogP contribution is -2.54. The van der Waals surface area contributed by atoms with Crippen molar-refractivity contribution in [3.8, 4) is 11.8 Å². The highest BCUT2D eigenvalue weighted by Crippen LogP contribution is 2.34. The van der Waals surface area contributed by atoms with Gasteiger partial charge in [-0.2, -0.15) is 5.26 Å². The van der Waals surface area contributed by atoms with Crippen molar-refractivity contribution in [3.63, 3.8) is 0 Å². The second-order valence-electron chi connectivity index (χ2n) is 6.38. The van der Waals surface area contributed by atoms with Crippen LogP contribution in [0.5, 0.6) is 5.75 Å². The van der Waals surface area contributed by atoms with Gasteiger partial charge < -0.3 is 14.5 Å². The van der Waals surface area contributed by atoms with Crippen LogP contribution in [0.3, 0.4) is 0 Å². The van der Waals surface area contributed by atoms with E-state index in [9.17, 15) is 4.79 Å². The number of halogens is 1. The molecule has 1 aromatic heterocycles. The molecule has 0 N–H and O–H groups in total. The molecule has 2 aliphatic rings. The van der Waals surface area contributed by atoms with E-state index in [2.05, 4.69) is 16.0 Å². The lowest BCUT2D eigenvalue weighted by Gasteiger charge is -2.39. The van der Waals surface area contributed by atoms with Crippen molar-refractivity contribution < 1.29 is 9.53 Å². The molecular formula is C19H18ClN5O2. The van der Waals surface area contributed by atoms with Crippen molar-refractivity contribution in [1.82, 2.24) is 9.88 Å². The molecular weight excluding hydrogens is 366 g/mol. The average molecular weight is 384 g/mol. The van der Waals surface area contributed by atoms with E-state index in [-0.39, 0.29) is 6.03 Å². The van der Waals surface area contributed by atoms with E-state index in [0.29, 0.717) is 55.7 Å². The molecule has 1 saturated heterocycles. The lowest BCUT2D eigenvalue weighted by atomic mass is 10.2. The number of carbonyl (C=O) groups is 1. The molecule has 2 aliphatic heterocycles. The second kappa shape index (κ2) is 7.33. The summed E-state index contributed by atoms with van der Waals surface area (Å²) in [6.07, 6.45) is 1.64. The number of nitriles is 1. The van der Waals surface area contributed by atoms with E-state index in [1.165, 1.54) is 0 Å². The van der Waals surface area contributed by atoms with Crippen LogP contribution in [0.4, 0.5) is 16.3 Å². The normalized spacial score (nSPS) is 16.4. The van der Waals surface area contributed by atoms with Crippen molar-refractivity contribution in [1.29, 1.82) is 5.26 Å². The van der Waals surface area contributed by atoms with Crippen LogP contribution in [-0.4, -0.2) is 55.2 Å². The minimum atomic E-state index is -0.0275. The summed E-state index contributed by atoms with van der Waals surface area (Å²) in [6.45, 7) is 3.50. The van der Waals surface area contributed by atoms with Crippen molar-refractivity contribution in [2.45, 2.75) is 0 Å². The first-order chi connectivity index (χ1) is 13.2. The highest BCUT2D eigenvalue weighted by Gasteiger charge is 2.30. The summed E-state index contributed by atoms with van der Waals surface area (Å²) in [5.74, 6) is 1.41. The van der Waals surface area contributed by atoms with Crippen LogP contribution in [0, 0.1) is 11.3 Å². The standard InChI is InChI=1S/C19H18ClN5O2/c20-15-1-2-16-17(12-15)27-10-9-25(16)19(26)24-7-5-23(6-8-24)18-11-14(13-21)3-4-22-18/h1-4,11-12H,5-10H2. The Hall–Kier alpha value is -2.98. The maximum Gasteiger partial charge on any atom is 0.324 e. The number of anilines is 2. The monoisotopic (exact) mass is 383 g/mol. The van der Waals surface area contributed by atoms with E-state index in [1.807, 2.05) is 11.0 Å². The Bertz CT molecular complexity index is 905. The number of urea groups is 1. The number of piperazine rings is 1. The van der Waals surface area contributed by atoms with E-state index < -0.39 is 0 Å². The Balaban J connectivity index is 1.44. The first-order valence-corrected chi connectivity index (χ1v) is 9.13. The van der Waals surface area contributed by atoms with Gasteiger partial charge in [0.05, 0.1) is 23.9 Å². The van der Waals surface area contributed by atoms with E-state index in [0.717, 1.165) is 11.5 Å². The SMILES string of the molecule is N#Cc1ccnc(N2CCN(C(=O)N3CCOc4cc(Cl)ccc43)CC2)c1. The predicted octanol–water partition coefficient (Wildman–Crippen LogP) is 2.75. The molecule has 7 nitrogen and oxygen atoms in total. The lowest BCUT2D eigenvalue weighted by molar-refractivity contribution is 0.196. The number of benzene rings is 1. The van der Waals surface area contributed by atoms with E-state index in [4.69, 9.17) is 21.6 Å². The third-order valence-electron chi connectivity index (χ3n) is 4.76. The quantitative estimate of drug-likeness (QED) is 0.757. The zero-order valence-electron chi connectivity index (χ0n) is 14.6. The van der Waals surface area contributed by atoms with Gasteiger partial charge >= 0.3 is 6.03 Å². The Kier molecular flexibility index (Phi) is 4.73. The van der Waals surface area contributed by atoms with Crippen molar-refractivity contribution in [2.24, 2.45) is 0 Å². The number of hydrogen-bond donors (Lipinski definition) is 0. The number of aromatic nitrogens is 1. The molecule has 4 rings (SSSR count). The number of ether oxygens (including phenoxy) is 1. The van der Waals surface area contributed by atoms with Gasteiger partial charge in [-0.1, -0.05) is 11.6 Å². The van der Waals surface area contributed by atoms with Crippen LogP contribution in [-0.2, 0) is 0 Å². The fourth-order valence-corrected chi connectivity index (χ4v) is 3.51. The Labute approximate surface area is 162 Å². The summed E-state index contributed by atoms with van der Waals surface area (Å²) in [5, 5.41) is 9.63. The number of rotatable bonds is 1. The van der Waals surface area contributed by atoms with Crippen LogP contribution in [0.25, 0.3) is 0 Å². The summed E-state index contributed by atoms with van der Waals surface area (Å²) in [6, 6.07) is 10.9. The van der Waals surface area contributed by atoms with Crippen molar-refractivity contribution in [3.05, 3.63) is 47.1 Å². The maximum atomic E-state index is 13.0. The summed E-state index contributed by atoms with van der Waals surface area (Å²) < 4.78 is 5.63. The number of nitrogens with zero attached hydrogens (tertiary/aromatic N) is 5. The number of amides is 2. The molecule has 0 bridgehead atoms. The molecule has 0 saturated carbocycles. The van der Waals surface area contributed by atoms with Crippen molar-refractivity contribution >= 4 is 29.1 Å². The fourth-order valence-electron chi connectivity index (χ4n) is 3.35. The molecule has 27 heavy (non-hydrogen) atoms. The third-order valence-corrected chi connectivity index (χ3v) is 5.00. The van der Waals surface area contributed by atoms with Gasteiger partial charge in [-0.15, -0.1) is 0 Å². The smallest absolute Gasteiger partial charge is 0.324 e. The summed E-state index contributed by atoms with van der Waals surface area (Å²) in [4.78, 5) is 23.1. The minimum absolute atomic E-state index is 0.0275. The molecule has 0 atom stereocenters. The first-order valence-electron chi connectivity index (χ1n) is 8.75. The Morgan fingerprint density at radius 2 is 1.96 bits per heavy atom. The molecule has 1 fully saturated rings. The van der Waals surface area contributed by atoms with Crippen LogP contribution >= 0.6 is 11.6 Å². The molecule has 8 heteroatoms. The van der Waals surface area contributed by atoms with Gasteiger partial charge in [0, 0.05) is 43.5 Å². The Morgan fingerprint density at radius 1 is 1.15 bits per heavy atom. The fraction of sp³-hybridized carbons (Fsp3) is 0.316. The van der Waals surface area contributed by atoms with E-state index >= 15 is 0 Å². The zero-order valence-corrected chi connectivity index (χ0v) is 15.4. The van der Waals surface area contributed by atoms with Crippen LogP contribution in [0.1, 0.15) is 5.56 Å². The van der Waals surface area contributed by atoms with Gasteiger partial charge in [-0.05, 0) is 24.3 Å². The number of pyridine rings is 1. The molecule has 138 valence electrons. The highest BCUT2D eigenvalue weighted by atomic mass is 35.5. The number of hydrogen-bond acceptors (Lipinski definition) is 5.